The van der Waals surface area contributed by atoms with Gasteiger partial charge >= 0.3 is 0 Å². The Morgan fingerprint density at radius 1 is 1.10 bits per heavy atom. The molecule has 0 amide bonds. The van der Waals surface area contributed by atoms with E-state index in [2.05, 4.69) is 0 Å². The van der Waals surface area contributed by atoms with Crippen molar-refractivity contribution in [2.75, 3.05) is 0 Å². The number of Topliss-reactive ketones (excluding diaryl/α,β-unsaturated/α-hetero) is 2. The lowest BCUT2D eigenvalue weighted by molar-refractivity contribution is -0.117. The second-order valence-corrected chi connectivity index (χ2v) is 5.68. The predicted molar refractivity (Wildman–Crippen MR) is 85.0 cm³/mol. The van der Waals surface area contributed by atoms with E-state index in [1.165, 1.54) is 6.92 Å². The molecule has 0 spiro atoms. The van der Waals surface area contributed by atoms with Crippen LogP contribution < -0.4 is 0 Å². The molecule has 0 aliphatic heterocycles. The SMILES string of the molecule is CC(=O)CC(C(=O)c1ccc(C)cc1)c1cccc(Cl)c1. The fourth-order valence-corrected chi connectivity index (χ4v) is 2.49. The van der Waals surface area contributed by atoms with Crippen LogP contribution in [0.1, 0.15) is 40.7 Å². The molecule has 2 aromatic rings. The summed E-state index contributed by atoms with van der Waals surface area (Å²) in [4.78, 5) is 24.2. The van der Waals surface area contributed by atoms with Gasteiger partial charge in [-0.3, -0.25) is 9.59 Å². The van der Waals surface area contributed by atoms with Crippen molar-refractivity contribution in [1.82, 2.24) is 0 Å². The summed E-state index contributed by atoms with van der Waals surface area (Å²) in [6, 6.07) is 14.5. The molecule has 1 atom stereocenters. The number of halogens is 1. The summed E-state index contributed by atoms with van der Waals surface area (Å²) in [6.07, 6.45) is 0.188. The molecule has 0 aromatic heterocycles. The summed E-state index contributed by atoms with van der Waals surface area (Å²) in [5.74, 6) is -0.545. The zero-order valence-electron chi connectivity index (χ0n) is 12.1. The number of carbonyl (C=O) groups is 2. The highest BCUT2D eigenvalue weighted by Gasteiger charge is 2.23. The zero-order chi connectivity index (χ0) is 15.4. The maximum absolute atomic E-state index is 12.7. The van der Waals surface area contributed by atoms with Crippen LogP contribution in [-0.4, -0.2) is 11.6 Å². The molecule has 1 unspecified atom stereocenters. The molecule has 0 fully saturated rings. The second-order valence-electron chi connectivity index (χ2n) is 5.24. The number of benzene rings is 2. The summed E-state index contributed by atoms with van der Waals surface area (Å²) in [6.45, 7) is 3.47. The number of hydrogen-bond donors (Lipinski definition) is 0. The van der Waals surface area contributed by atoms with E-state index < -0.39 is 5.92 Å². The van der Waals surface area contributed by atoms with Gasteiger partial charge in [-0.1, -0.05) is 53.6 Å². The largest absolute Gasteiger partial charge is 0.300 e. The molecule has 0 saturated carbocycles. The van der Waals surface area contributed by atoms with Crippen molar-refractivity contribution >= 4 is 23.2 Å². The Labute approximate surface area is 129 Å². The molecule has 2 nitrogen and oxygen atoms in total. The second kappa shape index (κ2) is 6.68. The lowest BCUT2D eigenvalue weighted by Gasteiger charge is -2.15. The smallest absolute Gasteiger partial charge is 0.170 e. The van der Waals surface area contributed by atoms with Crippen molar-refractivity contribution < 1.29 is 9.59 Å². The third-order valence-electron chi connectivity index (χ3n) is 3.40. The first-order valence-electron chi connectivity index (χ1n) is 6.83. The van der Waals surface area contributed by atoms with Crippen molar-refractivity contribution in [3.63, 3.8) is 0 Å². The van der Waals surface area contributed by atoms with Crippen LogP contribution in [0.5, 0.6) is 0 Å². The van der Waals surface area contributed by atoms with Crippen LogP contribution in [-0.2, 0) is 4.79 Å². The van der Waals surface area contributed by atoms with Gasteiger partial charge in [0.25, 0.3) is 0 Å². The molecule has 3 heteroatoms. The van der Waals surface area contributed by atoms with Crippen LogP contribution in [0, 0.1) is 6.92 Å². The lowest BCUT2D eigenvalue weighted by atomic mass is 9.87. The van der Waals surface area contributed by atoms with Gasteiger partial charge in [-0.25, -0.2) is 0 Å². The molecule has 0 aliphatic rings. The number of carbonyl (C=O) groups excluding carboxylic acids is 2. The Kier molecular flexibility index (Phi) is 4.92. The van der Waals surface area contributed by atoms with Gasteiger partial charge in [0.2, 0.25) is 0 Å². The van der Waals surface area contributed by atoms with Crippen molar-refractivity contribution in [2.24, 2.45) is 0 Å². The highest BCUT2D eigenvalue weighted by Crippen LogP contribution is 2.27. The van der Waals surface area contributed by atoms with Crippen LogP contribution in [0.15, 0.2) is 48.5 Å². The van der Waals surface area contributed by atoms with Gasteiger partial charge in [0.15, 0.2) is 5.78 Å². The fourth-order valence-electron chi connectivity index (χ4n) is 2.29. The molecule has 2 aromatic carbocycles. The molecule has 0 aliphatic carbocycles. The van der Waals surface area contributed by atoms with Gasteiger partial charge in [-0.15, -0.1) is 0 Å². The Bertz CT molecular complexity index is 659. The normalized spacial score (nSPS) is 12.0. The van der Waals surface area contributed by atoms with Crippen LogP contribution in [0.25, 0.3) is 0 Å². The Morgan fingerprint density at radius 3 is 2.33 bits per heavy atom. The molecule has 2 rings (SSSR count). The van der Waals surface area contributed by atoms with Crippen molar-refractivity contribution in [1.29, 1.82) is 0 Å². The Morgan fingerprint density at radius 2 is 1.76 bits per heavy atom. The summed E-state index contributed by atoms with van der Waals surface area (Å²) in [7, 11) is 0. The highest BCUT2D eigenvalue weighted by molar-refractivity contribution is 6.30. The minimum atomic E-state index is -0.482. The molecular formula is C18H17ClO2. The summed E-state index contributed by atoms with van der Waals surface area (Å²) in [5, 5.41) is 0.567. The van der Waals surface area contributed by atoms with Crippen LogP contribution in [0.4, 0.5) is 0 Å². The summed E-state index contributed by atoms with van der Waals surface area (Å²) < 4.78 is 0. The van der Waals surface area contributed by atoms with E-state index in [0.29, 0.717) is 10.6 Å². The standard InChI is InChI=1S/C18H17ClO2/c1-12-6-8-14(9-7-12)18(21)17(10-13(2)20)15-4-3-5-16(19)11-15/h3-9,11,17H,10H2,1-2H3. The maximum Gasteiger partial charge on any atom is 0.170 e. The van der Waals surface area contributed by atoms with E-state index in [1.807, 2.05) is 25.1 Å². The first-order valence-corrected chi connectivity index (χ1v) is 7.21. The molecule has 0 heterocycles. The quantitative estimate of drug-likeness (QED) is 0.757. The van der Waals surface area contributed by atoms with Crippen LogP contribution in [0.2, 0.25) is 5.02 Å². The highest BCUT2D eigenvalue weighted by atomic mass is 35.5. The molecule has 0 radical (unpaired) electrons. The minimum absolute atomic E-state index is 0.0135. The van der Waals surface area contributed by atoms with Crippen molar-refractivity contribution in [2.45, 2.75) is 26.2 Å². The first kappa shape index (κ1) is 15.5. The molecule has 0 bridgehead atoms. The third kappa shape index (κ3) is 4.02. The third-order valence-corrected chi connectivity index (χ3v) is 3.63. The Balaban J connectivity index is 2.38. The average Bonchev–Trinajstić information content (AvgIpc) is 2.44. The molecule has 0 saturated heterocycles. The lowest BCUT2D eigenvalue weighted by Crippen LogP contribution is -2.16. The molecule has 21 heavy (non-hydrogen) atoms. The maximum atomic E-state index is 12.7. The Hall–Kier alpha value is -1.93. The molecular weight excluding hydrogens is 284 g/mol. The van der Waals surface area contributed by atoms with Gasteiger partial charge in [-0.05, 0) is 31.5 Å². The summed E-state index contributed by atoms with van der Waals surface area (Å²) >= 11 is 6.00. The number of aryl methyl sites for hydroxylation is 1. The van der Waals surface area contributed by atoms with Crippen LogP contribution >= 0.6 is 11.6 Å². The van der Waals surface area contributed by atoms with Gasteiger partial charge in [0.1, 0.15) is 5.78 Å². The van der Waals surface area contributed by atoms with Gasteiger partial charge in [0, 0.05) is 17.0 Å². The van der Waals surface area contributed by atoms with Gasteiger partial charge < -0.3 is 0 Å². The zero-order valence-corrected chi connectivity index (χ0v) is 12.9. The van der Waals surface area contributed by atoms with Crippen LogP contribution in [0.3, 0.4) is 0 Å². The van der Waals surface area contributed by atoms with E-state index in [0.717, 1.165) is 11.1 Å². The van der Waals surface area contributed by atoms with Crippen molar-refractivity contribution in [3.8, 4) is 0 Å². The topological polar surface area (TPSA) is 34.1 Å². The fraction of sp³-hybridized carbons (Fsp3) is 0.222. The molecule has 0 N–H and O–H groups in total. The first-order chi connectivity index (χ1) is 9.97. The summed E-state index contributed by atoms with van der Waals surface area (Å²) in [5.41, 5.74) is 2.49. The minimum Gasteiger partial charge on any atom is -0.300 e. The van der Waals surface area contributed by atoms with E-state index in [9.17, 15) is 9.59 Å². The number of rotatable bonds is 5. The monoisotopic (exact) mass is 300 g/mol. The van der Waals surface area contributed by atoms with E-state index in [4.69, 9.17) is 11.6 Å². The van der Waals surface area contributed by atoms with Gasteiger partial charge in [0.05, 0.1) is 5.92 Å². The van der Waals surface area contributed by atoms with E-state index in [1.54, 1.807) is 30.3 Å². The van der Waals surface area contributed by atoms with E-state index >= 15 is 0 Å². The van der Waals surface area contributed by atoms with Crippen molar-refractivity contribution in [3.05, 3.63) is 70.2 Å². The predicted octanol–water partition coefficient (Wildman–Crippen LogP) is 4.59. The van der Waals surface area contributed by atoms with E-state index in [-0.39, 0.29) is 18.0 Å². The average molecular weight is 301 g/mol. The number of hydrogen-bond acceptors (Lipinski definition) is 2. The number of ketones is 2. The molecule has 108 valence electrons. The van der Waals surface area contributed by atoms with Gasteiger partial charge in [-0.2, -0.15) is 0 Å².